The van der Waals surface area contributed by atoms with Gasteiger partial charge in [-0.3, -0.25) is 4.79 Å². The third-order valence-electron chi connectivity index (χ3n) is 2.57. The quantitative estimate of drug-likeness (QED) is 0.782. The number of hydrogen-bond donors (Lipinski definition) is 2. The van der Waals surface area contributed by atoms with Crippen molar-refractivity contribution in [2.45, 2.75) is 19.4 Å². The van der Waals surface area contributed by atoms with Crippen molar-refractivity contribution in [1.82, 2.24) is 10.5 Å². The van der Waals surface area contributed by atoms with Crippen LogP contribution in [0.4, 0.5) is 5.69 Å². The van der Waals surface area contributed by atoms with Crippen molar-refractivity contribution in [2.24, 2.45) is 0 Å². The fourth-order valence-electron chi connectivity index (χ4n) is 1.55. The minimum absolute atomic E-state index is 0.0109. The Morgan fingerprint density at radius 3 is 2.72 bits per heavy atom. The summed E-state index contributed by atoms with van der Waals surface area (Å²) < 4.78 is 4.88. The highest BCUT2D eigenvalue weighted by atomic mass is 16.5. The van der Waals surface area contributed by atoms with Crippen LogP contribution in [0.2, 0.25) is 0 Å². The van der Waals surface area contributed by atoms with E-state index in [1.54, 1.807) is 12.3 Å². The molecule has 1 amide bonds. The number of nitrogens with zero attached hydrogens (tertiary/aromatic N) is 1. The lowest BCUT2D eigenvalue weighted by atomic mass is 10.1. The number of nitrogens with one attached hydrogen (secondary N) is 1. The topological polar surface area (TPSA) is 81.2 Å². The largest absolute Gasteiger partial charge is 0.399 e. The second kappa shape index (κ2) is 5.86. The van der Waals surface area contributed by atoms with E-state index in [1.165, 1.54) is 0 Å². The minimum Gasteiger partial charge on any atom is -0.399 e. The number of carbonyl (C=O) groups is 1. The Bertz CT molecular complexity index is 491. The summed E-state index contributed by atoms with van der Waals surface area (Å²) in [6.07, 6.45) is 2.69. The number of aromatic nitrogens is 1. The molecule has 5 nitrogen and oxygen atoms in total. The van der Waals surface area contributed by atoms with Gasteiger partial charge in [-0.25, -0.2) is 0 Å². The average Bonchev–Trinajstić information content (AvgIpc) is 2.89. The third kappa shape index (κ3) is 3.62. The molecule has 0 unspecified atom stereocenters. The molecule has 18 heavy (non-hydrogen) atoms. The zero-order valence-electron chi connectivity index (χ0n) is 9.93. The molecule has 5 heteroatoms. The molecule has 0 aliphatic carbocycles. The van der Waals surface area contributed by atoms with E-state index >= 15 is 0 Å². The van der Waals surface area contributed by atoms with Gasteiger partial charge in [0.25, 0.3) is 0 Å². The number of nitrogen functional groups attached to an aromatic ring is 1. The first-order valence-electron chi connectivity index (χ1n) is 5.75. The van der Waals surface area contributed by atoms with E-state index in [-0.39, 0.29) is 5.91 Å². The predicted molar refractivity (Wildman–Crippen MR) is 67.5 cm³/mol. The number of rotatable bonds is 5. The van der Waals surface area contributed by atoms with Crippen LogP contribution in [0.3, 0.4) is 0 Å². The smallest absolute Gasteiger partial charge is 0.220 e. The van der Waals surface area contributed by atoms with Gasteiger partial charge in [-0.05, 0) is 24.1 Å². The maximum Gasteiger partial charge on any atom is 0.220 e. The zero-order valence-corrected chi connectivity index (χ0v) is 9.93. The number of aryl methyl sites for hydroxylation is 1. The second-order valence-electron chi connectivity index (χ2n) is 4.00. The lowest BCUT2D eigenvalue weighted by Gasteiger charge is -2.03. The van der Waals surface area contributed by atoms with E-state index in [9.17, 15) is 4.79 Å². The Balaban J connectivity index is 1.73. The summed E-state index contributed by atoms with van der Waals surface area (Å²) in [6, 6.07) is 9.25. The molecule has 0 aliphatic heterocycles. The molecule has 0 aliphatic rings. The van der Waals surface area contributed by atoms with Crippen molar-refractivity contribution in [1.29, 1.82) is 0 Å². The van der Waals surface area contributed by atoms with E-state index in [1.807, 2.05) is 24.3 Å². The number of benzene rings is 1. The van der Waals surface area contributed by atoms with Crippen LogP contribution in [0.1, 0.15) is 17.7 Å². The van der Waals surface area contributed by atoms with Gasteiger partial charge in [0.05, 0.1) is 12.7 Å². The predicted octanol–water partition coefficient (Wildman–Crippen LogP) is 1.51. The molecular weight excluding hydrogens is 230 g/mol. The van der Waals surface area contributed by atoms with E-state index in [0.717, 1.165) is 11.3 Å². The van der Waals surface area contributed by atoms with Gasteiger partial charge < -0.3 is 15.6 Å². The fourth-order valence-corrected chi connectivity index (χ4v) is 1.55. The summed E-state index contributed by atoms with van der Waals surface area (Å²) in [5.74, 6) is 0.638. The molecule has 0 atom stereocenters. The highest BCUT2D eigenvalue weighted by Gasteiger charge is 2.03. The molecule has 0 bridgehead atoms. The summed E-state index contributed by atoms with van der Waals surface area (Å²) in [7, 11) is 0. The van der Waals surface area contributed by atoms with Crippen LogP contribution in [0.25, 0.3) is 0 Å². The molecule has 3 N–H and O–H groups in total. The maximum atomic E-state index is 11.6. The summed E-state index contributed by atoms with van der Waals surface area (Å²) in [5, 5.41) is 6.33. The van der Waals surface area contributed by atoms with Gasteiger partial charge in [-0.15, -0.1) is 0 Å². The van der Waals surface area contributed by atoms with Gasteiger partial charge in [0.15, 0.2) is 5.76 Å². The second-order valence-corrected chi connectivity index (χ2v) is 4.00. The molecule has 0 saturated heterocycles. The average molecular weight is 245 g/mol. The molecule has 1 aromatic heterocycles. The lowest BCUT2D eigenvalue weighted by Crippen LogP contribution is -2.22. The van der Waals surface area contributed by atoms with Gasteiger partial charge in [0.1, 0.15) is 0 Å². The Labute approximate surface area is 105 Å². The van der Waals surface area contributed by atoms with Gasteiger partial charge in [-0.2, -0.15) is 0 Å². The van der Waals surface area contributed by atoms with Crippen molar-refractivity contribution in [2.75, 3.05) is 5.73 Å². The Kier molecular flexibility index (Phi) is 3.96. The molecule has 2 aromatic rings. The number of nitrogens with two attached hydrogens (primary N) is 1. The highest BCUT2D eigenvalue weighted by Crippen LogP contribution is 2.07. The SMILES string of the molecule is Nc1ccc(CCC(=O)NCc2ccno2)cc1. The van der Waals surface area contributed by atoms with Crippen LogP contribution < -0.4 is 11.1 Å². The first kappa shape index (κ1) is 12.2. The van der Waals surface area contributed by atoms with Gasteiger partial charge in [0, 0.05) is 18.2 Å². The van der Waals surface area contributed by atoms with E-state index in [2.05, 4.69) is 10.5 Å². The van der Waals surface area contributed by atoms with Crippen molar-refractivity contribution in [3.8, 4) is 0 Å². The molecule has 0 spiro atoms. The normalized spacial score (nSPS) is 10.2. The summed E-state index contributed by atoms with van der Waals surface area (Å²) >= 11 is 0. The number of carbonyl (C=O) groups excluding carboxylic acids is 1. The van der Waals surface area contributed by atoms with E-state index < -0.39 is 0 Å². The Morgan fingerprint density at radius 2 is 2.06 bits per heavy atom. The Morgan fingerprint density at radius 1 is 1.28 bits per heavy atom. The van der Waals surface area contributed by atoms with Crippen LogP contribution in [0.15, 0.2) is 41.1 Å². The highest BCUT2D eigenvalue weighted by molar-refractivity contribution is 5.76. The maximum absolute atomic E-state index is 11.6. The summed E-state index contributed by atoms with van der Waals surface area (Å²) in [4.78, 5) is 11.6. The number of hydrogen-bond acceptors (Lipinski definition) is 4. The van der Waals surface area contributed by atoms with Crippen LogP contribution in [0, 0.1) is 0 Å². The van der Waals surface area contributed by atoms with Crippen LogP contribution in [-0.4, -0.2) is 11.1 Å². The van der Waals surface area contributed by atoms with Crippen molar-refractivity contribution < 1.29 is 9.32 Å². The zero-order chi connectivity index (χ0) is 12.8. The summed E-state index contributed by atoms with van der Waals surface area (Å²) in [5.41, 5.74) is 7.42. The molecule has 2 rings (SSSR count). The fraction of sp³-hybridized carbons (Fsp3) is 0.231. The van der Waals surface area contributed by atoms with Crippen molar-refractivity contribution in [3.05, 3.63) is 47.9 Å². The van der Waals surface area contributed by atoms with Crippen molar-refractivity contribution in [3.63, 3.8) is 0 Å². The van der Waals surface area contributed by atoms with Crippen LogP contribution >= 0.6 is 0 Å². The van der Waals surface area contributed by atoms with Crippen molar-refractivity contribution >= 4 is 11.6 Å². The first-order valence-corrected chi connectivity index (χ1v) is 5.75. The molecule has 1 aromatic carbocycles. The summed E-state index contributed by atoms with van der Waals surface area (Å²) in [6.45, 7) is 0.376. The van der Waals surface area contributed by atoms with Crippen LogP contribution in [0.5, 0.6) is 0 Å². The van der Waals surface area contributed by atoms with E-state index in [4.69, 9.17) is 10.3 Å². The minimum atomic E-state index is -0.0109. The monoisotopic (exact) mass is 245 g/mol. The van der Waals surface area contributed by atoms with Gasteiger partial charge in [0.2, 0.25) is 5.91 Å². The van der Waals surface area contributed by atoms with Gasteiger partial charge in [-0.1, -0.05) is 17.3 Å². The standard InChI is InChI=1S/C13H15N3O2/c14-11-4-1-10(2-5-11)3-6-13(17)15-9-12-7-8-16-18-12/h1-2,4-5,7-8H,3,6,9,14H2,(H,15,17). The molecule has 0 radical (unpaired) electrons. The molecule has 0 fully saturated rings. The van der Waals surface area contributed by atoms with Gasteiger partial charge >= 0.3 is 0 Å². The molecule has 94 valence electrons. The third-order valence-corrected chi connectivity index (χ3v) is 2.57. The molecular formula is C13H15N3O2. The molecule has 1 heterocycles. The number of amides is 1. The number of anilines is 1. The lowest BCUT2D eigenvalue weighted by molar-refractivity contribution is -0.121. The first-order chi connectivity index (χ1) is 8.74. The molecule has 0 saturated carbocycles. The van der Waals surface area contributed by atoms with E-state index in [0.29, 0.717) is 25.1 Å². The Hall–Kier alpha value is -2.30. The van der Waals surface area contributed by atoms with Crippen LogP contribution in [-0.2, 0) is 17.8 Å².